The van der Waals surface area contributed by atoms with Crippen molar-refractivity contribution in [2.24, 2.45) is 17.6 Å². The fraction of sp³-hybridized carbons (Fsp3) is 0.300. The average Bonchev–Trinajstić information content (AvgIpc) is 3.34. The van der Waals surface area contributed by atoms with Crippen LogP contribution in [-0.4, -0.2) is 74.6 Å². The van der Waals surface area contributed by atoms with E-state index in [1.165, 1.54) is 0 Å². The number of aliphatic hydroxyl groups is 3. The van der Waals surface area contributed by atoms with Gasteiger partial charge in [0.15, 0.2) is 5.60 Å². The number of hydrogen-bond acceptors (Lipinski definition) is 9. The number of nitrogens with zero attached hydrogens (tertiary/aromatic N) is 1. The molecule has 212 valence electrons. The van der Waals surface area contributed by atoms with Gasteiger partial charge in [0.1, 0.15) is 22.9 Å². The van der Waals surface area contributed by atoms with Crippen molar-refractivity contribution < 1.29 is 39.2 Å². The Kier molecular flexibility index (Phi) is 6.09. The van der Waals surface area contributed by atoms with E-state index < -0.39 is 69.9 Å². The van der Waals surface area contributed by atoms with Crippen LogP contribution in [0.2, 0.25) is 0 Å². The van der Waals surface area contributed by atoms with Gasteiger partial charge in [-0.1, -0.05) is 47.1 Å². The molecule has 6 atom stereocenters. The highest BCUT2D eigenvalue weighted by molar-refractivity contribution is 9.11. The van der Waals surface area contributed by atoms with Gasteiger partial charge in [-0.2, -0.15) is 0 Å². The third kappa shape index (κ3) is 3.49. The highest BCUT2D eigenvalue weighted by atomic mass is 79.9. The van der Waals surface area contributed by atoms with Gasteiger partial charge in [-0.15, -0.1) is 0 Å². The molecule has 0 spiro atoms. The second-order valence-electron chi connectivity index (χ2n) is 11.1. The van der Waals surface area contributed by atoms with E-state index in [0.29, 0.717) is 16.9 Å². The standard InChI is InChI=1S/C30H27BrN2O8/c1-11-13-8-9-14(16-10-12-6-4-5-7-15(12)41-16)24(34)18(13)25(35)19-17(11)26(36)21-23(33(2)3)22(31)20(29(32)39)28(38)30(21,40)27(19)37/h4-11,17,21,23,26,34-36,40H,1-3H3,(H2,32,39)/t11-,17+,21+,23-,26-,30-/m1/s1. The molecule has 0 bridgehead atoms. The normalized spacial score (nSPS) is 29.6. The fourth-order valence-corrected chi connectivity index (χ4v) is 7.96. The molecule has 11 heteroatoms. The van der Waals surface area contributed by atoms with Crippen LogP contribution < -0.4 is 5.73 Å². The van der Waals surface area contributed by atoms with E-state index >= 15 is 0 Å². The third-order valence-corrected chi connectivity index (χ3v) is 9.64. The first kappa shape index (κ1) is 27.4. The molecule has 1 fully saturated rings. The Hall–Kier alpha value is -3.77. The minimum absolute atomic E-state index is 0.0511. The second kappa shape index (κ2) is 9.12. The molecule has 1 heterocycles. The van der Waals surface area contributed by atoms with Crippen LogP contribution in [0, 0.1) is 11.8 Å². The summed E-state index contributed by atoms with van der Waals surface area (Å²) in [5, 5.41) is 47.4. The number of nitrogens with two attached hydrogens (primary N) is 1. The molecule has 3 aromatic rings. The van der Waals surface area contributed by atoms with Crippen LogP contribution in [0.3, 0.4) is 0 Å². The van der Waals surface area contributed by atoms with E-state index in [0.717, 1.165) is 5.39 Å². The summed E-state index contributed by atoms with van der Waals surface area (Å²) >= 11 is 3.27. The summed E-state index contributed by atoms with van der Waals surface area (Å²) in [7, 11) is 3.22. The number of phenolic OH excluding ortho intramolecular Hbond substituents is 1. The van der Waals surface area contributed by atoms with Crippen molar-refractivity contribution in [1.29, 1.82) is 0 Å². The quantitative estimate of drug-likeness (QED) is 0.217. The summed E-state index contributed by atoms with van der Waals surface area (Å²) in [6.07, 6.45) is -1.52. The number of ketones is 2. The van der Waals surface area contributed by atoms with Gasteiger partial charge in [0, 0.05) is 27.3 Å². The van der Waals surface area contributed by atoms with Crippen molar-refractivity contribution >= 4 is 50.1 Å². The van der Waals surface area contributed by atoms with E-state index in [9.17, 15) is 34.8 Å². The number of primary amides is 1. The maximum Gasteiger partial charge on any atom is 0.253 e. The van der Waals surface area contributed by atoms with Gasteiger partial charge < -0.3 is 35.5 Å². The first-order chi connectivity index (χ1) is 19.3. The van der Waals surface area contributed by atoms with E-state index in [1.54, 1.807) is 50.2 Å². The summed E-state index contributed by atoms with van der Waals surface area (Å²) in [4.78, 5) is 41.6. The Morgan fingerprint density at radius 3 is 2.41 bits per heavy atom. The lowest BCUT2D eigenvalue weighted by molar-refractivity contribution is -0.172. The number of hydrogen-bond donors (Lipinski definition) is 5. The van der Waals surface area contributed by atoms with Crippen molar-refractivity contribution in [3.05, 3.63) is 69.2 Å². The molecule has 3 aliphatic rings. The van der Waals surface area contributed by atoms with Crippen LogP contribution >= 0.6 is 15.9 Å². The first-order valence-corrected chi connectivity index (χ1v) is 13.8. The molecular formula is C30H27BrN2O8. The highest BCUT2D eigenvalue weighted by Gasteiger charge is 2.68. The molecule has 41 heavy (non-hydrogen) atoms. The van der Waals surface area contributed by atoms with Gasteiger partial charge in [0.2, 0.25) is 11.6 Å². The van der Waals surface area contributed by atoms with Crippen LogP contribution in [0.15, 0.2) is 62.5 Å². The molecule has 3 aliphatic carbocycles. The van der Waals surface area contributed by atoms with Crippen molar-refractivity contribution in [2.75, 3.05) is 14.1 Å². The maximum absolute atomic E-state index is 14.2. The minimum atomic E-state index is -2.90. The van der Waals surface area contributed by atoms with Crippen LogP contribution in [0.5, 0.6) is 5.75 Å². The smallest absolute Gasteiger partial charge is 0.253 e. The number of likely N-dealkylation sites (N-methyl/N-ethyl adjacent to an activating group) is 1. The molecule has 1 saturated carbocycles. The molecule has 0 aliphatic heterocycles. The second-order valence-corrected chi connectivity index (χ2v) is 11.9. The lowest BCUT2D eigenvalue weighted by Gasteiger charge is -2.54. The van der Waals surface area contributed by atoms with Crippen LogP contribution in [0.25, 0.3) is 28.1 Å². The van der Waals surface area contributed by atoms with E-state index in [1.807, 2.05) is 18.2 Å². The Labute approximate surface area is 242 Å². The van der Waals surface area contributed by atoms with Crippen LogP contribution in [-0.2, 0) is 14.4 Å². The number of Topliss-reactive ketones (excluding diaryl/α,β-unsaturated/α-hetero) is 2. The fourth-order valence-electron chi connectivity index (χ4n) is 6.89. The SMILES string of the molecule is C[C@@H]1c2ccc(-c3cc4ccccc4o3)c(O)c2C(O)=C2C(=O)[C@@]3(O)C(=O)C(C(N)=O)=C(Br)[C@H](N(C)C)[C@H]3[C@H](O)[C@H]21. The van der Waals surface area contributed by atoms with Crippen molar-refractivity contribution in [2.45, 2.75) is 30.6 Å². The topological polar surface area (TPSA) is 175 Å². The number of halogens is 1. The predicted octanol–water partition coefficient (Wildman–Crippen LogP) is 2.75. The number of carbonyl (C=O) groups is 3. The molecule has 10 nitrogen and oxygen atoms in total. The molecule has 0 radical (unpaired) electrons. The Morgan fingerprint density at radius 1 is 1.10 bits per heavy atom. The average molecular weight is 623 g/mol. The number of aliphatic hydroxyl groups excluding tert-OH is 2. The van der Waals surface area contributed by atoms with Crippen LogP contribution in [0.1, 0.15) is 24.0 Å². The Bertz CT molecular complexity index is 1720. The maximum atomic E-state index is 14.2. The van der Waals surface area contributed by atoms with Crippen LogP contribution in [0.4, 0.5) is 0 Å². The number of furan rings is 1. The predicted molar refractivity (Wildman–Crippen MR) is 152 cm³/mol. The van der Waals surface area contributed by atoms with Gasteiger partial charge in [-0.3, -0.25) is 14.4 Å². The largest absolute Gasteiger partial charge is 0.507 e. The van der Waals surface area contributed by atoms with E-state index in [-0.39, 0.29) is 21.4 Å². The molecule has 1 aromatic heterocycles. The number of rotatable bonds is 3. The number of amides is 1. The van der Waals surface area contributed by atoms with Crippen molar-refractivity contribution in [3.63, 3.8) is 0 Å². The molecular weight excluding hydrogens is 596 g/mol. The number of phenols is 1. The highest BCUT2D eigenvalue weighted by Crippen LogP contribution is 2.57. The summed E-state index contributed by atoms with van der Waals surface area (Å²) in [6.45, 7) is 1.73. The summed E-state index contributed by atoms with van der Waals surface area (Å²) in [5.41, 5.74) is 2.81. The third-order valence-electron chi connectivity index (χ3n) is 8.78. The molecule has 6 rings (SSSR count). The van der Waals surface area contributed by atoms with Gasteiger partial charge >= 0.3 is 0 Å². The monoisotopic (exact) mass is 622 g/mol. The van der Waals surface area contributed by atoms with Gasteiger partial charge in [-0.05, 0) is 43.8 Å². The van der Waals surface area contributed by atoms with E-state index in [2.05, 4.69) is 15.9 Å². The molecule has 6 N–H and O–H groups in total. The summed E-state index contributed by atoms with van der Waals surface area (Å²) in [5.74, 6) is -7.35. The molecule has 0 saturated heterocycles. The van der Waals surface area contributed by atoms with Crippen molar-refractivity contribution in [1.82, 2.24) is 4.90 Å². The number of para-hydroxylation sites is 1. The lowest BCUT2D eigenvalue weighted by atomic mass is 9.54. The lowest BCUT2D eigenvalue weighted by Crippen LogP contribution is -2.71. The van der Waals surface area contributed by atoms with E-state index in [4.69, 9.17) is 10.2 Å². The Morgan fingerprint density at radius 2 is 1.78 bits per heavy atom. The molecule has 0 unspecified atom stereocenters. The zero-order valence-corrected chi connectivity index (χ0v) is 23.8. The number of carbonyl (C=O) groups excluding carboxylic acids is 3. The molecule has 2 aromatic carbocycles. The van der Waals surface area contributed by atoms with Crippen molar-refractivity contribution in [3.8, 4) is 17.1 Å². The minimum Gasteiger partial charge on any atom is -0.507 e. The first-order valence-electron chi connectivity index (χ1n) is 13.0. The summed E-state index contributed by atoms with van der Waals surface area (Å²) < 4.78 is 5.96. The Balaban J connectivity index is 1.57. The van der Waals surface area contributed by atoms with Gasteiger partial charge in [0.25, 0.3) is 5.91 Å². The zero-order chi connectivity index (χ0) is 29.7. The molecule has 1 amide bonds. The summed E-state index contributed by atoms with van der Waals surface area (Å²) in [6, 6.07) is 11.4. The van der Waals surface area contributed by atoms with Gasteiger partial charge in [-0.25, -0.2) is 0 Å². The number of aromatic hydroxyl groups is 1. The van der Waals surface area contributed by atoms with Gasteiger partial charge in [0.05, 0.1) is 28.8 Å². The number of fused-ring (bicyclic) bond motifs is 4. The zero-order valence-electron chi connectivity index (χ0n) is 22.3. The number of benzene rings is 2.